The van der Waals surface area contributed by atoms with Crippen molar-refractivity contribution < 1.29 is 0 Å². The molecule has 7 nitrogen and oxygen atoms in total. The number of benzene rings is 1. The topological polar surface area (TPSA) is 74.3 Å². The van der Waals surface area contributed by atoms with Crippen molar-refractivity contribution in [3.8, 4) is 0 Å². The van der Waals surface area contributed by atoms with Crippen molar-refractivity contribution in [1.82, 2.24) is 35.2 Å². The van der Waals surface area contributed by atoms with Crippen molar-refractivity contribution in [3.63, 3.8) is 0 Å². The maximum atomic E-state index is 4.10. The Morgan fingerprint density at radius 3 is 2.62 bits per heavy atom. The van der Waals surface area contributed by atoms with Gasteiger partial charge in [-0.1, -0.05) is 51.5 Å². The Morgan fingerprint density at radius 1 is 1.10 bits per heavy atom. The predicted molar refractivity (Wildman–Crippen MR) is 79.8 cm³/mol. The molecule has 1 atom stereocenters. The van der Waals surface area contributed by atoms with Crippen molar-refractivity contribution in [2.75, 3.05) is 0 Å². The van der Waals surface area contributed by atoms with Crippen LogP contribution in [-0.4, -0.2) is 35.2 Å². The van der Waals surface area contributed by atoms with Crippen LogP contribution in [0.3, 0.4) is 0 Å². The number of alkyl halides is 1. The number of halogens is 1. The zero-order valence-electron chi connectivity index (χ0n) is 11.5. The van der Waals surface area contributed by atoms with Crippen LogP contribution in [-0.2, 0) is 13.1 Å². The van der Waals surface area contributed by atoms with E-state index in [1.165, 1.54) is 0 Å². The minimum absolute atomic E-state index is 0.173. The fraction of sp³-hybridized carbons (Fsp3) is 0.308. The molecule has 3 rings (SSSR count). The zero-order valence-corrected chi connectivity index (χ0v) is 13.1. The number of hydrogen-bond acceptors (Lipinski definition) is 5. The molecular formula is C13H14BrN7. The summed E-state index contributed by atoms with van der Waals surface area (Å²) in [5, 5.41) is 20.0. The molecule has 2 heterocycles. The average molecular weight is 348 g/mol. The zero-order chi connectivity index (χ0) is 14.7. The molecule has 21 heavy (non-hydrogen) atoms. The van der Waals surface area contributed by atoms with Crippen LogP contribution in [0, 0.1) is 0 Å². The maximum absolute atomic E-state index is 4.10. The third-order valence-corrected chi connectivity index (χ3v) is 3.52. The molecule has 0 saturated carbocycles. The summed E-state index contributed by atoms with van der Waals surface area (Å²) in [6.07, 6.45) is 1.89. The lowest BCUT2D eigenvalue weighted by Gasteiger charge is -2.04. The van der Waals surface area contributed by atoms with Gasteiger partial charge in [-0.15, -0.1) is 10.2 Å². The summed E-state index contributed by atoms with van der Waals surface area (Å²) in [5.74, 6) is 0.748. The van der Waals surface area contributed by atoms with Crippen molar-refractivity contribution >= 4 is 15.9 Å². The monoisotopic (exact) mass is 347 g/mol. The van der Waals surface area contributed by atoms with Gasteiger partial charge in [-0.2, -0.15) is 0 Å². The first-order chi connectivity index (χ1) is 10.2. The first kappa shape index (κ1) is 13.9. The van der Waals surface area contributed by atoms with Crippen molar-refractivity contribution in [2.24, 2.45) is 0 Å². The number of nitrogens with zero attached hydrogens (tertiary/aromatic N) is 7. The van der Waals surface area contributed by atoms with E-state index in [2.05, 4.69) is 41.8 Å². The largest absolute Gasteiger partial charge is 0.245 e. The lowest BCUT2D eigenvalue weighted by atomic mass is 10.2. The predicted octanol–water partition coefficient (Wildman–Crippen LogP) is 1.82. The number of aromatic nitrogens is 7. The van der Waals surface area contributed by atoms with Gasteiger partial charge in [0.25, 0.3) is 0 Å². The summed E-state index contributed by atoms with van der Waals surface area (Å²) in [5.41, 5.74) is 2.04. The molecule has 0 spiro atoms. The minimum atomic E-state index is 0.173. The van der Waals surface area contributed by atoms with Crippen LogP contribution >= 0.6 is 15.9 Å². The molecule has 3 aromatic rings. The summed E-state index contributed by atoms with van der Waals surface area (Å²) in [4.78, 5) is 0.173. The van der Waals surface area contributed by atoms with Crippen LogP contribution in [0.15, 0.2) is 36.5 Å². The van der Waals surface area contributed by atoms with Crippen molar-refractivity contribution in [3.05, 3.63) is 53.6 Å². The van der Waals surface area contributed by atoms with Crippen LogP contribution in [0.5, 0.6) is 0 Å². The molecule has 1 unspecified atom stereocenters. The molecule has 0 N–H and O–H groups in total. The normalized spacial score (nSPS) is 12.5. The second-order valence-corrected chi connectivity index (χ2v) is 6.07. The van der Waals surface area contributed by atoms with Gasteiger partial charge in [0.05, 0.1) is 23.3 Å². The van der Waals surface area contributed by atoms with Gasteiger partial charge in [-0.3, -0.25) is 0 Å². The van der Waals surface area contributed by atoms with E-state index in [0.29, 0.717) is 13.1 Å². The molecule has 0 bridgehead atoms. The SMILES string of the molecule is CC(Br)c1cn(Cc2nnnn2Cc2ccccc2)nn1. The van der Waals surface area contributed by atoms with Gasteiger partial charge in [0.1, 0.15) is 6.54 Å². The van der Waals surface area contributed by atoms with Gasteiger partial charge in [0.2, 0.25) is 0 Å². The van der Waals surface area contributed by atoms with Crippen LogP contribution in [0.2, 0.25) is 0 Å². The highest BCUT2D eigenvalue weighted by atomic mass is 79.9. The number of tetrazole rings is 1. The molecule has 8 heteroatoms. The van der Waals surface area contributed by atoms with Crippen LogP contribution in [0.25, 0.3) is 0 Å². The van der Waals surface area contributed by atoms with Crippen molar-refractivity contribution in [1.29, 1.82) is 0 Å². The molecule has 0 aliphatic heterocycles. The minimum Gasteiger partial charge on any atom is -0.245 e. The fourth-order valence-electron chi connectivity index (χ4n) is 1.93. The Labute approximate surface area is 130 Å². The van der Waals surface area contributed by atoms with E-state index in [1.807, 2.05) is 43.5 Å². The molecule has 108 valence electrons. The van der Waals surface area contributed by atoms with E-state index >= 15 is 0 Å². The highest BCUT2D eigenvalue weighted by molar-refractivity contribution is 9.09. The van der Waals surface area contributed by atoms with Gasteiger partial charge in [-0.25, -0.2) is 9.36 Å². The van der Waals surface area contributed by atoms with E-state index in [0.717, 1.165) is 17.1 Å². The van der Waals surface area contributed by atoms with Gasteiger partial charge in [0.15, 0.2) is 5.82 Å². The Bertz CT molecular complexity index is 704. The highest BCUT2D eigenvalue weighted by Gasteiger charge is 2.11. The van der Waals surface area contributed by atoms with Crippen LogP contribution in [0.4, 0.5) is 0 Å². The standard InChI is InChI=1S/C13H14BrN7/c1-10(14)12-8-20(18-15-12)9-13-16-17-19-21(13)7-11-5-3-2-4-6-11/h2-6,8,10H,7,9H2,1H3. The summed E-state index contributed by atoms with van der Waals surface area (Å²) in [7, 11) is 0. The smallest absolute Gasteiger partial charge is 0.173 e. The molecule has 0 radical (unpaired) electrons. The van der Waals surface area contributed by atoms with Gasteiger partial charge in [0, 0.05) is 0 Å². The molecule has 0 saturated heterocycles. The lowest BCUT2D eigenvalue weighted by Crippen LogP contribution is -2.11. The second kappa shape index (κ2) is 6.13. The molecule has 0 amide bonds. The molecule has 0 aliphatic rings. The number of rotatable bonds is 5. The van der Waals surface area contributed by atoms with E-state index in [-0.39, 0.29) is 4.83 Å². The first-order valence-electron chi connectivity index (χ1n) is 6.55. The van der Waals surface area contributed by atoms with Crippen LogP contribution < -0.4 is 0 Å². The molecule has 0 aliphatic carbocycles. The first-order valence-corrected chi connectivity index (χ1v) is 7.47. The van der Waals surface area contributed by atoms with E-state index in [1.54, 1.807) is 9.36 Å². The highest BCUT2D eigenvalue weighted by Crippen LogP contribution is 2.18. The van der Waals surface area contributed by atoms with E-state index in [4.69, 9.17) is 0 Å². The fourth-order valence-corrected chi connectivity index (χ4v) is 2.14. The van der Waals surface area contributed by atoms with Gasteiger partial charge >= 0.3 is 0 Å². The lowest BCUT2D eigenvalue weighted by molar-refractivity contribution is 0.564. The Hall–Kier alpha value is -2.09. The molecular weight excluding hydrogens is 334 g/mol. The van der Waals surface area contributed by atoms with Gasteiger partial charge < -0.3 is 0 Å². The van der Waals surface area contributed by atoms with E-state index < -0.39 is 0 Å². The summed E-state index contributed by atoms with van der Waals surface area (Å²) in [6.45, 7) is 3.14. The quantitative estimate of drug-likeness (QED) is 0.658. The average Bonchev–Trinajstić information content (AvgIpc) is 3.11. The second-order valence-electron chi connectivity index (χ2n) is 4.70. The Balaban J connectivity index is 1.76. The molecule has 0 fully saturated rings. The van der Waals surface area contributed by atoms with Gasteiger partial charge in [-0.05, 0) is 22.9 Å². The van der Waals surface area contributed by atoms with Crippen LogP contribution in [0.1, 0.15) is 28.8 Å². The summed E-state index contributed by atoms with van der Waals surface area (Å²) < 4.78 is 3.51. The van der Waals surface area contributed by atoms with E-state index in [9.17, 15) is 0 Å². The summed E-state index contributed by atoms with van der Waals surface area (Å²) >= 11 is 3.47. The van der Waals surface area contributed by atoms with Crippen molar-refractivity contribution in [2.45, 2.75) is 24.8 Å². The Kier molecular flexibility index (Phi) is 4.05. The Morgan fingerprint density at radius 2 is 1.90 bits per heavy atom. The third kappa shape index (κ3) is 3.33. The number of hydrogen-bond donors (Lipinski definition) is 0. The summed E-state index contributed by atoms with van der Waals surface area (Å²) in [6, 6.07) is 10.1. The maximum Gasteiger partial charge on any atom is 0.173 e. The third-order valence-electron chi connectivity index (χ3n) is 3.05. The molecule has 2 aromatic heterocycles. The molecule has 1 aromatic carbocycles.